The Morgan fingerprint density at radius 3 is 2.36 bits per heavy atom. The van der Waals surface area contributed by atoms with Crippen molar-refractivity contribution < 1.29 is 13.6 Å². The maximum Gasteiger partial charge on any atom is 0.222 e. The van der Waals surface area contributed by atoms with Gasteiger partial charge in [0.1, 0.15) is 11.6 Å². The minimum Gasteiger partial charge on any atom is -0.340 e. The van der Waals surface area contributed by atoms with E-state index in [2.05, 4.69) is 4.90 Å². The Kier molecular flexibility index (Phi) is 11.2. The van der Waals surface area contributed by atoms with Gasteiger partial charge < -0.3 is 10.6 Å². The predicted molar refractivity (Wildman–Crippen MR) is 100 cm³/mol. The zero-order valence-electron chi connectivity index (χ0n) is 14.4. The molecule has 1 heterocycles. The summed E-state index contributed by atoms with van der Waals surface area (Å²) >= 11 is 0. The number of piperazine rings is 1. The van der Waals surface area contributed by atoms with Crippen LogP contribution in [-0.2, 0) is 4.79 Å². The molecule has 25 heavy (non-hydrogen) atoms. The summed E-state index contributed by atoms with van der Waals surface area (Å²) in [5, 5.41) is 0. The van der Waals surface area contributed by atoms with Crippen LogP contribution in [0, 0.1) is 11.6 Å². The fourth-order valence-electron chi connectivity index (χ4n) is 3.14. The topological polar surface area (TPSA) is 49.6 Å². The number of amides is 1. The van der Waals surface area contributed by atoms with Gasteiger partial charge in [-0.1, -0.05) is 13.0 Å². The van der Waals surface area contributed by atoms with E-state index in [-0.39, 0.29) is 36.8 Å². The highest BCUT2D eigenvalue weighted by Crippen LogP contribution is 2.28. The largest absolute Gasteiger partial charge is 0.340 e. The molecule has 0 aliphatic carbocycles. The molecule has 1 aliphatic rings. The van der Waals surface area contributed by atoms with Crippen molar-refractivity contribution in [2.45, 2.75) is 32.2 Å². The summed E-state index contributed by atoms with van der Waals surface area (Å²) in [6, 6.07) is 3.67. The monoisotopic (exact) mass is 397 g/mol. The van der Waals surface area contributed by atoms with Crippen molar-refractivity contribution in [3.8, 4) is 0 Å². The zero-order chi connectivity index (χ0) is 16.8. The van der Waals surface area contributed by atoms with Crippen molar-refractivity contribution in [3.63, 3.8) is 0 Å². The van der Waals surface area contributed by atoms with Crippen molar-refractivity contribution in [1.82, 2.24) is 9.80 Å². The lowest BCUT2D eigenvalue weighted by atomic mass is 10.0. The minimum absolute atomic E-state index is 0. The first-order valence-electron chi connectivity index (χ1n) is 8.23. The molecule has 144 valence electrons. The average Bonchev–Trinajstić information content (AvgIpc) is 2.55. The van der Waals surface area contributed by atoms with E-state index in [0.29, 0.717) is 51.1 Å². The number of nitrogens with two attached hydrogens (primary N) is 1. The molecule has 2 N–H and O–H groups in total. The third kappa shape index (κ3) is 6.37. The highest BCUT2D eigenvalue weighted by atomic mass is 35.5. The Bertz CT molecular complexity index is 541. The second-order valence-corrected chi connectivity index (χ2v) is 5.90. The molecule has 0 aromatic heterocycles. The normalized spacial score (nSPS) is 15.9. The van der Waals surface area contributed by atoms with Crippen LogP contribution in [0.2, 0.25) is 0 Å². The predicted octanol–water partition coefficient (Wildman–Crippen LogP) is 3.14. The van der Waals surface area contributed by atoms with Crippen molar-refractivity contribution in [3.05, 3.63) is 35.4 Å². The van der Waals surface area contributed by atoms with Gasteiger partial charge in [0.2, 0.25) is 5.91 Å². The molecule has 1 fully saturated rings. The van der Waals surface area contributed by atoms with Crippen molar-refractivity contribution in [1.29, 1.82) is 0 Å². The fourth-order valence-corrected chi connectivity index (χ4v) is 3.14. The van der Waals surface area contributed by atoms with Crippen LogP contribution in [0.4, 0.5) is 8.78 Å². The standard InChI is InChI=1S/C17H25F2N3O.2ClH/c1-2-16(14-6-5-13(18)12-15(14)19)21-8-10-22(11-9-21)17(23)4-3-7-20;;/h5-6,12,16H,2-4,7-11,20H2,1H3;2*1H. The lowest BCUT2D eigenvalue weighted by Crippen LogP contribution is -2.49. The van der Waals surface area contributed by atoms with Crippen LogP contribution >= 0.6 is 24.8 Å². The molecule has 0 spiro atoms. The average molecular weight is 398 g/mol. The van der Waals surface area contributed by atoms with Crippen molar-refractivity contribution in [2.75, 3.05) is 32.7 Å². The number of halogens is 4. The third-order valence-corrected chi connectivity index (χ3v) is 4.41. The summed E-state index contributed by atoms with van der Waals surface area (Å²) in [5.41, 5.74) is 5.96. The molecule has 1 atom stereocenters. The lowest BCUT2D eigenvalue weighted by molar-refractivity contribution is -0.133. The molecule has 1 amide bonds. The second-order valence-electron chi connectivity index (χ2n) is 5.90. The van der Waals surface area contributed by atoms with Gasteiger partial charge in [0.25, 0.3) is 0 Å². The van der Waals surface area contributed by atoms with Gasteiger partial charge in [-0.3, -0.25) is 9.69 Å². The van der Waals surface area contributed by atoms with Gasteiger partial charge in [0.05, 0.1) is 0 Å². The number of rotatable bonds is 6. The molecule has 8 heteroatoms. The Morgan fingerprint density at radius 1 is 1.20 bits per heavy atom. The number of carbonyl (C=O) groups excluding carboxylic acids is 1. The fraction of sp³-hybridized carbons (Fsp3) is 0.588. The van der Waals surface area contributed by atoms with E-state index in [1.807, 2.05) is 11.8 Å². The first-order valence-corrected chi connectivity index (χ1v) is 8.23. The molecule has 4 nitrogen and oxygen atoms in total. The summed E-state index contributed by atoms with van der Waals surface area (Å²) in [6.07, 6.45) is 1.93. The van der Waals surface area contributed by atoms with Gasteiger partial charge in [-0.2, -0.15) is 0 Å². The van der Waals surface area contributed by atoms with E-state index in [1.165, 1.54) is 12.1 Å². The highest BCUT2D eigenvalue weighted by molar-refractivity contribution is 5.85. The first kappa shape index (κ1) is 24.1. The minimum atomic E-state index is -0.559. The molecule has 1 aromatic carbocycles. The summed E-state index contributed by atoms with van der Waals surface area (Å²) in [5.74, 6) is -0.925. The van der Waals surface area contributed by atoms with E-state index in [1.54, 1.807) is 0 Å². The Labute approximate surface area is 160 Å². The van der Waals surface area contributed by atoms with Crippen LogP contribution in [-0.4, -0.2) is 48.4 Å². The van der Waals surface area contributed by atoms with Gasteiger partial charge in [-0.15, -0.1) is 24.8 Å². The second kappa shape index (κ2) is 11.6. The SMILES string of the molecule is CCC(c1ccc(F)cc1F)N1CCN(C(=O)CCCN)CC1.Cl.Cl. The number of carbonyl (C=O) groups is 1. The molecule has 1 aliphatic heterocycles. The smallest absolute Gasteiger partial charge is 0.222 e. The van der Waals surface area contributed by atoms with E-state index in [4.69, 9.17) is 5.73 Å². The van der Waals surface area contributed by atoms with E-state index in [0.717, 1.165) is 12.5 Å². The molecule has 1 unspecified atom stereocenters. The van der Waals surface area contributed by atoms with Crippen molar-refractivity contribution in [2.24, 2.45) is 5.73 Å². The molecule has 0 radical (unpaired) electrons. The Morgan fingerprint density at radius 2 is 1.84 bits per heavy atom. The third-order valence-electron chi connectivity index (χ3n) is 4.41. The summed E-state index contributed by atoms with van der Waals surface area (Å²) in [6.45, 7) is 5.19. The summed E-state index contributed by atoms with van der Waals surface area (Å²) in [7, 11) is 0. The van der Waals surface area contributed by atoms with Crippen LogP contribution in [0.25, 0.3) is 0 Å². The number of nitrogens with zero attached hydrogens (tertiary/aromatic N) is 2. The molecule has 0 bridgehead atoms. The molecular weight excluding hydrogens is 371 g/mol. The molecule has 1 saturated heterocycles. The quantitative estimate of drug-likeness (QED) is 0.801. The molecule has 0 saturated carbocycles. The van der Waals surface area contributed by atoms with E-state index < -0.39 is 11.6 Å². The maximum absolute atomic E-state index is 14.0. The first-order chi connectivity index (χ1) is 11.1. The van der Waals surface area contributed by atoms with Gasteiger partial charge in [-0.25, -0.2) is 8.78 Å². The number of hydrogen-bond donors (Lipinski definition) is 1. The summed E-state index contributed by atoms with van der Waals surface area (Å²) < 4.78 is 27.1. The maximum atomic E-state index is 14.0. The van der Waals surface area contributed by atoms with Crippen LogP contribution in [0.15, 0.2) is 18.2 Å². The number of hydrogen-bond acceptors (Lipinski definition) is 3. The van der Waals surface area contributed by atoms with Crippen LogP contribution < -0.4 is 5.73 Å². The zero-order valence-corrected chi connectivity index (χ0v) is 16.1. The van der Waals surface area contributed by atoms with E-state index >= 15 is 0 Å². The Hall–Kier alpha value is -0.950. The van der Waals surface area contributed by atoms with Gasteiger partial charge in [0, 0.05) is 50.3 Å². The van der Waals surface area contributed by atoms with Gasteiger partial charge in [0.15, 0.2) is 0 Å². The van der Waals surface area contributed by atoms with Gasteiger partial charge in [-0.05, 0) is 25.5 Å². The Balaban J connectivity index is 0.00000288. The molecular formula is C17H27Cl2F2N3O. The van der Waals surface area contributed by atoms with Crippen LogP contribution in [0.1, 0.15) is 37.8 Å². The highest BCUT2D eigenvalue weighted by Gasteiger charge is 2.27. The van der Waals surface area contributed by atoms with Crippen molar-refractivity contribution >= 4 is 30.7 Å². The van der Waals surface area contributed by atoms with Crippen LogP contribution in [0.5, 0.6) is 0 Å². The van der Waals surface area contributed by atoms with Crippen LogP contribution in [0.3, 0.4) is 0 Å². The lowest BCUT2D eigenvalue weighted by Gasteiger charge is -2.39. The number of benzene rings is 1. The van der Waals surface area contributed by atoms with Gasteiger partial charge >= 0.3 is 0 Å². The summed E-state index contributed by atoms with van der Waals surface area (Å²) in [4.78, 5) is 16.0. The molecule has 2 rings (SSSR count). The van der Waals surface area contributed by atoms with E-state index in [9.17, 15) is 13.6 Å². The molecule has 1 aromatic rings.